The van der Waals surface area contributed by atoms with E-state index in [2.05, 4.69) is 20.7 Å². The van der Waals surface area contributed by atoms with Gasteiger partial charge < -0.3 is 24.8 Å². The Bertz CT molecular complexity index is 1210. The molecular formula is C23H24FN5O4. The molecule has 1 aliphatic rings. The molecule has 2 N–H and O–H groups in total. The van der Waals surface area contributed by atoms with Crippen molar-refractivity contribution < 1.29 is 23.4 Å². The summed E-state index contributed by atoms with van der Waals surface area (Å²) >= 11 is 0. The summed E-state index contributed by atoms with van der Waals surface area (Å²) in [4.78, 5) is 17.9. The molecule has 0 saturated heterocycles. The van der Waals surface area contributed by atoms with Crippen LogP contribution in [0.25, 0.3) is 0 Å². The maximum absolute atomic E-state index is 13.4. The lowest BCUT2D eigenvalue weighted by molar-refractivity contribution is -0.113. The predicted molar refractivity (Wildman–Crippen MR) is 120 cm³/mol. The fraction of sp³-hybridized carbons (Fsp3) is 0.261. The quantitative estimate of drug-likeness (QED) is 0.587. The molecule has 10 heteroatoms. The minimum Gasteiger partial charge on any atom is -0.493 e. The highest BCUT2D eigenvalue weighted by atomic mass is 19.1. The summed E-state index contributed by atoms with van der Waals surface area (Å²) in [5.74, 6) is 1.61. The highest BCUT2D eigenvalue weighted by molar-refractivity contribution is 6.06. The first-order chi connectivity index (χ1) is 15.9. The third-order valence-corrected chi connectivity index (χ3v) is 5.31. The molecule has 0 fully saturated rings. The number of benzene rings is 2. The van der Waals surface area contributed by atoms with Crippen molar-refractivity contribution in [3.05, 3.63) is 64.9 Å². The predicted octanol–water partition coefficient (Wildman–Crippen LogP) is 3.68. The number of hydrogen-bond donors (Lipinski definition) is 2. The van der Waals surface area contributed by atoms with E-state index in [0.717, 1.165) is 0 Å². The Kier molecular flexibility index (Phi) is 5.91. The number of carbonyl (C=O) groups excluding carboxylic acids is 1. The molecule has 4 rings (SSSR count). The molecule has 9 nitrogen and oxygen atoms in total. The van der Waals surface area contributed by atoms with Gasteiger partial charge in [0.2, 0.25) is 11.7 Å². The standard InChI is InChI=1S/C23H24FN5O4/c1-12-19(22(30)27-16-8-6-15(24)7-9-16)20(29-23(25-12)26-13(2)28-29)14-10-17(31-3)21(33-5)18(11-14)32-4/h6-11,20H,1-5H3,(H,27,30)(H,25,26,28). The summed E-state index contributed by atoms with van der Waals surface area (Å²) in [6, 6.07) is 8.47. The third kappa shape index (κ3) is 4.07. The van der Waals surface area contributed by atoms with Crippen LogP contribution in [-0.4, -0.2) is 42.0 Å². The molecular weight excluding hydrogens is 429 g/mol. The molecule has 0 bridgehead atoms. The Morgan fingerprint density at radius 3 is 2.27 bits per heavy atom. The topological polar surface area (TPSA) is 99.5 Å². The number of methoxy groups -OCH3 is 3. The molecule has 1 aromatic heterocycles. The fourth-order valence-corrected chi connectivity index (χ4v) is 3.85. The minimum absolute atomic E-state index is 0.371. The highest BCUT2D eigenvalue weighted by Gasteiger charge is 2.35. The summed E-state index contributed by atoms with van der Waals surface area (Å²) in [6.07, 6.45) is 0. The van der Waals surface area contributed by atoms with Crippen LogP contribution in [0.5, 0.6) is 17.2 Å². The van der Waals surface area contributed by atoms with Gasteiger partial charge in [-0.15, -0.1) is 0 Å². The van der Waals surface area contributed by atoms with Gasteiger partial charge in [0, 0.05) is 11.4 Å². The first-order valence-corrected chi connectivity index (χ1v) is 10.1. The number of rotatable bonds is 6. The van der Waals surface area contributed by atoms with E-state index < -0.39 is 6.04 Å². The van der Waals surface area contributed by atoms with Gasteiger partial charge in [0.15, 0.2) is 11.5 Å². The van der Waals surface area contributed by atoms with Gasteiger partial charge in [0.1, 0.15) is 17.7 Å². The second-order valence-electron chi connectivity index (χ2n) is 7.41. The molecule has 33 heavy (non-hydrogen) atoms. The van der Waals surface area contributed by atoms with E-state index in [1.54, 1.807) is 30.7 Å². The summed E-state index contributed by atoms with van der Waals surface area (Å²) < 4.78 is 31.4. The molecule has 1 atom stereocenters. The van der Waals surface area contributed by atoms with Gasteiger partial charge in [0.25, 0.3) is 5.91 Å². The SMILES string of the molecule is COc1cc(C2C(C(=O)Nc3ccc(F)cc3)=C(C)Nc3nc(C)nn32)cc(OC)c1OC. The third-order valence-electron chi connectivity index (χ3n) is 5.31. The average molecular weight is 453 g/mol. The zero-order valence-corrected chi connectivity index (χ0v) is 18.9. The molecule has 1 amide bonds. The highest BCUT2D eigenvalue weighted by Crippen LogP contribution is 2.43. The van der Waals surface area contributed by atoms with Gasteiger partial charge in [-0.3, -0.25) is 4.79 Å². The minimum atomic E-state index is -0.642. The van der Waals surface area contributed by atoms with E-state index >= 15 is 0 Å². The smallest absolute Gasteiger partial charge is 0.255 e. The van der Waals surface area contributed by atoms with Gasteiger partial charge in [-0.2, -0.15) is 10.1 Å². The lowest BCUT2D eigenvalue weighted by atomic mass is 9.94. The second-order valence-corrected chi connectivity index (χ2v) is 7.41. The van der Waals surface area contributed by atoms with Gasteiger partial charge >= 0.3 is 0 Å². The molecule has 0 radical (unpaired) electrons. The molecule has 172 valence electrons. The summed E-state index contributed by atoms with van der Waals surface area (Å²) in [5, 5.41) is 10.5. The monoisotopic (exact) mass is 453 g/mol. The number of anilines is 2. The Balaban J connectivity index is 1.85. The van der Waals surface area contributed by atoms with Crippen LogP contribution in [-0.2, 0) is 4.79 Å². The molecule has 1 aliphatic heterocycles. The zero-order valence-electron chi connectivity index (χ0n) is 18.9. The normalized spacial score (nSPS) is 14.9. The first-order valence-electron chi connectivity index (χ1n) is 10.1. The van der Waals surface area contributed by atoms with Crippen molar-refractivity contribution in [3.63, 3.8) is 0 Å². The van der Waals surface area contributed by atoms with E-state index in [0.29, 0.717) is 51.5 Å². The van der Waals surface area contributed by atoms with Crippen molar-refractivity contribution in [3.8, 4) is 17.2 Å². The summed E-state index contributed by atoms with van der Waals surface area (Å²) in [5.41, 5.74) is 2.16. The Labute approximate surface area is 190 Å². The van der Waals surface area contributed by atoms with Gasteiger partial charge in [0.05, 0.1) is 26.9 Å². The number of allylic oxidation sites excluding steroid dienone is 1. The van der Waals surface area contributed by atoms with Crippen LogP contribution in [0.2, 0.25) is 0 Å². The largest absolute Gasteiger partial charge is 0.493 e. The van der Waals surface area contributed by atoms with E-state index in [1.807, 2.05) is 0 Å². The number of ether oxygens (including phenoxy) is 3. The van der Waals surface area contributed by atoms with Crippen LogP contribution in [0.15, 0.2) is 47.7 Å². The van der Waals surface area contributed by atoms with Crippen molar-refractivity contribution in [2.24, 2.45) is 0 Å². The number of nitrogens with one attached hydrogen (secondary N) is 2. The number of carbonyl (C=O) groups is 1. The van der Waals surface area contributed by atoms with E-state index in [4.69, 9.17) is 14.2 Å². The summed E-state index contributed by atoms with van der Waals surface area (Å²) in [7, 11) is 4.57. The van der Waals surface area contributed by atoms with Gasteiger partial charge in [-0.25, -0.2) is 9.07 Å². The van der Waals surface area contributed by atoms with E-state index in [1.165, 1.54) is 45.6 Å². The van der Waals surface area contributed by atoms with Crippen LogP contribution in [0.1, 0.15) is 24.4 Å². The van der Waals surface area contributed by atoms with Crippen LogP contribution in [0, 0.1) is 12.7 Å². The van der Waals surface area contributed by atoms with Crippen LogP contribution < -0.4 is 24.8 Å². The van der Waals surface area contributed by atoms with Gasteiger partial charge in [-0.1, -0.05) is 0 Å². The maximum Gasteiger partial charge on any atom is 0.255 e. The average Bonchev–Trinajstić information content (AvgIpc) is 3.17. The molecule has 2 aromatic carbocycles. The summed E-state index contributed by atoms with van der Waals surface area (Å²) in [6.45, 7) is 3.56. The fourth-order valence-electron chi connectivity index (χ4n) is 3.85. The Morgan fingerprint density at radius 2 is 1.70 bits per heavy atom. The molecule has 1 unspecified atom stereocenters. The Morgan fingerprint density at radius 1 is 1.06 bits per heavy atom. The van der Waals surface area contributed by atoms with E-state index in [9.17, 15) is 9.18 Å². The second kappa shape index (κ2) is 8.81. The van der Waals surface area contributed by atoms with Crippen LogP contribution in [0.3, 0.4) is 0 Å². The molecule has 0 spiro atoms. The lowest BCUT2D eigenvalue weighted by Crippen LogP contribution is -2.31. The lowest BCUT2D eigenvalue weighted by Gasteiger charge is -2.29. The number of aryl methyl sites for hydroxylation is 1. The van der Waals surface area contributed by atoms with Crippen molar-refractivity contribution in [1.82, 2.24) is 14.8 Å². The van der Waals surface area contributed by atoms with Crippen LogP contribution >= 0.6 is 0 Å². The van der Waals surface area contributed by atoms with Crippen molar-refractivity contribution in [2.75, 3.05) is 32.0 Å². The number of halogens is 1. The number of hydrogen-bond acceptors (Lipinski definition) is 7. The molecule has 0 aliphatic carbocycles. The zero-order chi connectivity index (χ0) is 23.7. The number of amides is 1. The van der Waals surface area contributed by atoms with Crippen molar-refractivity contribution in [1.29, 1.82) is 0 Å². The molecule has 3 aromatic rings. The molecule has 0 saturated carbocycles. The number of aromatic nitrogens is 3. The maximum atomic E-state index is 13.4. The number of fused-ring (bicyclic) bond motifs is 1. The van der Waals surface area contributed by atoms with Crippen LogP contribution in [0.4, 0.5) is 16.0 Å². The first kappa shape index (κ1) is 22.1. The van der Waals surface area contributed by atoms with E-state index in [-0.39, 0.29) is 11.7 Å². The van der Waals surface area contributed by atoms with Crippen molar-refractivity contribution >= 4 is 17.5 Å². The Hall–Kier alpha value is -4.08. The van der Waals surface area contributed by atoms with Crippen molar-refractivity contribution in [2.45, 2.75) is 19.9 Å². The molecule has 2 heterocycles. The number of nitrogens with zero attached hydrogens (tertiary/aromatic N) is 3. The van der Waals surface area contributed by atoms with Gasteiger partial charge in [-0.05, 0) is 55.8 Å².